The minimum Gasteiger partial charge on any atom is -0.316 e. The zero-order valence-corrected chi connectivity index (χ0v) is 10.7. The number of aryl methyl sites for hydroxylation is 1. The second-order valence-electron chi connectivity index (χ2n) is 4.18. The van der Waals surface area contributed by atoms with Crippen LogP contribution in [0.15, 0.2) is 17.0 Å². The molecule has 84 valence electrons. The van der Waals surface area contributed by atoms with E-state index >= 15 is 0 Å². The summed E-state index contributed by atoms with van der Waals surface area (Å²) in [5.74, 6) is 1.65. The van der Waals surface area contributed by atoms with Gasteiger partial charge < -0.3 is 5.32 Å². The molecule has 4 nitrogen and oxygen atoms in total. The number of hydrogen-bond acceptors (Lipinski definition) is 3. The average molecular weight is 281 g/mol. The normalized spacial score (nSPS) is 20.8. The van der Waals surface area contributed by atoms with E-state index in [1.54, 1.807) is 0 Å². The fourth-order valence-electron chi connectivity index (χ4n) is 2.33. The third-order valence-corrected chi connectivity index (χ3v) is 3.70. The minimum atomic E-state index is 0.514. The third kappa shape index (κ3) is 1.46. The van der Waals surface area contributed by atoms with Crippen LogP contribution in [0, 0.1) is 6.92 Å². The Morgan fingerprint density at radius 2 is 2.44 bits per heavy atom. The molecule has 1 aliphatic heterocycles. The maximum atomic E-state index is 4.63. The van der Waals surface area contributed by atoms with Gasteiger partial charge in [-0.25, -0.2) is 4.98 Å². The van der Waals surface area contributed by atoms with Gasteiger partial charge in [0.1, 0.15) is 15.9 Å². The molecule has 1 atom stereocenters. The first-order valence-electron chi connectivity index (χ1n) is 5.47. The Kier molecular flexibility index (Phi) is 2.44. The molecule has 0 amide bonds. The highest BCUT2D eigenvalue weighted by Crippen LogP contribution is 2.27. The molecule has 3 heterocycles. The lowest BCUT2D eigenvalue weighted by molar-refractivity contribution is 0.696. The zero-order chi connectivity index (χ0) is 11.1. The highest BCUT2D eigenvalue weighted by Gasteiger charge is 2.23. The van der Waals surface area contributed by atoms with Crippen LogP contribution in [0.1, 0.15) is 23.9 Å². The molecule has 5 heteroatoms. The SMILES string of the molecule is Cc1nccn2c([C@H]3CCNC3)nc(Br)c12. The van der Waals surface area contributed by atoms with E-state index in [0.717, 1.165) is 41.1 Å². The largest absolute Gasteiger partial charge is 0.316 e. The lowest BCUT2D eigenvalue weighted by atomic mass is 10.1. The summed E-state index contributed by atoms with van der Waals surface area (Å²) in [6.07, 6.45) is 4.99. The predicted molar refractivity (Wildman–Crippen MR) is 65.7 cm³/mol. The van der Waals surface area contributed by atoms with Crippen LogP contribution in [0.2, 0.25) is 0 Å². The molecule has 0 spiro atoms. The van der Waals surface area contributed by atoms with Crippen LogP contribution in [-0.4, -0.2) is 27.5 Å². The lowest BCUT2D eigenvalue weighted by Crippen LogP contribution is -2.10. The van der Waals surface area contributed by atoms with E-state index < -0.39 is 0 Å². The molecule has 3 rings (SSSR count). The Bertz CT molecular complexity index is 528. The number of aromatic nitrogens is 3. The molecule has 1 saturated heterocycles. The van der Waals surface area contributed by atoms with Crippen molar-refractivity contribution in [3.05, 3.63) is 28.5 Å². The molecule has 0 bridgehead atoms. The first-order valence-corrected chi connectivity index (χ1v) is 6.26. The number of imidazole rings is 1. The van der Waals surface area contributed by atoms with Crippen LogP contribution in [0.3, 0.4) is 0 Å². The second kappa shape index (κ2) is 3.82. The van der Waals surface area contributed by atoms with Crippen molar-refractivity contribution in [2.75, 3.05) is 13.1 Å². The molecule has 0 aromatic carbocycles. The smallest absolute Gasteiger partial charge is 0.134 e. The minimum absolute atomic E-state index is 0.514. The van der Waals surface area contributed by atoms with E-state index in [-0.39, 0.29) is 0 Å². The summed E-state index contributed by atoms with van der Waals surface area (Å²) in [6, 6.07) is 0. The Morgan fingerprint density at radius 3 is 3.19 bits per heavy atom. The lowest BCUT2D eigenvalue weighted by Gasteiger charge is -2.07. The molecule has 0 unspecified atom stereocenters. The molecule has 2 aromatic heterocycles. The fraction of sp³-hybridized carbons (Fsp3) is 0.455. The molecule has 1 fully saturated rings. The van der Waals surface area contributed by atoms with Gasteiger partial charge in [0, 0.05) is 24.9 Å². The van der Waals surface area contributed by atoms with Crippen LogP contribution in [0.25, 0.3) is 5.52 Å². The highest BCUT2D eigenvalue weighted by molar-refractivity contribution is 9.10. The standard InChI is InChI=1S/C11H13BrN4/c1-7-9-10(12)15-11(8-2-3-13-6-8)16(9)5-4-14-7/h4-5,8,13H,2-3,6H2,1H3/t8-/m0/s1. The molecule has 0 radical (unpaired) electrons. The van der Waals surface area contributed by atoms with Crippen LogP contribution in [0.4, 0.5) is 0 Å². The van der Waals surface area contributed by atoms with Crippen molar-refractivity contribution < 1.29 is 0 Å². The van der Waals surface area contributed by atoms with E-state index in [0.29, 0.717) is 5.92 Å². The van der Waals surface area contributed by atoms with Crippen molar-refractivity contribution in [3.63, 3.8) is 0 Å². The first-order chi connectivity index (χ1) is 7.77. The fourth-order valence-corrected chi connectivity index (χ4v) is 2.99. The maximum absolute atomic E-state index is 4.63. The van der Waals surface area contributed by atoms with Crippen molar-refractivity contribution in [1.29, 1.82) is 0 Å². The van der Waals surface area contributed by atoms with Crippen LogP contribution in [0.5, 0.6) is 0 Å². The highest BCUT2D eigenvalue weighted by atomic mass is 79.9. The first kappa shape index (κ1) is 10.2. The van der Waals surface area contributed by atoms with Crippen molar-refractivity contribution in [3.8, 4) is 0 Å². The topological polar surface area (TPSA) is 42.2 Å². The molecular formula is C11H13BrN4. The summed E-state index contributed by atoms with van der Waals surface area (Å²) in [7, 11) is 0. The molecule has 1 N–H and O–H groups in total. The number of nitrogens with one attached hydrogen (secondary N) is 1. The Labute approximate surface area is 102 Å². The summed E-state index contributed by atoms with van der Waals surface area (Å²) in [5.41, 5.74) is 2.10. The Hall–Kier alpha value is -0.940. The van der Waals surface area contributed by atoms with Gasteiger partial charge in [0.2, 0.25) is 0 Å². The number of fused-ring (bicyclic) bond motifs is 1. The van der Waals surface area contributed by atoms with E-state index in [9.17, 15) is 0 Å². The van der Waals surface area contributed by atoms with E-state index in [1.165, 1.54) is 0 Å². The Morgan fingerprint density at radius 1 is 1.56 bits per heavy atom. The van der Waals surface area contributed by atoms with E-state index in [1.807, 2.05) is 19.3 Å². The molecule has 16 heavy (non-hydrogen) atoms. The van der Waals surface area contributed by atoms with Gasteiger partial charge in [0.15, 0.2) is 0 Å². The number of rotatable bonds is 1. The predicted octanol–water partition coefficient (Wildman–Crippen LogP) is 1.88. The van der Waals surface area contributed by atoms with Crippen molar-refractivity contribution >= 4 is 21.4 Å². The van der Waals surface area contributed by atoms with Gasteiger partial charge in [0.05, 0.1) is 5.69 Å². The quantitative estimate of drug-likeness (QED) is 0.867. The molecule has 2 aromatic rings. The van der Waals surface area contributed by atoms with Gasteiger partial charge in [-0.3, -0.25) is 9.38 Å². The zero-order valence-electron chi connectivity index (χ0n) is 9.07. The van der Waals surface area contributed by atoms with Gasteiger partial charge in [-0.05, 0) is 35.8 Å². The number of halogens is 1. The molecule has 0 saturated carbocycles. The summed E-state index contributed by atoms with van der Waals surface area (Å²) < 4.78 is 3.06. The summed E-state index contributed by atoms with van der Waals surface area (Å²) in [6.45, 7) is 4.12. The summed E-state index contributed by atoms with van der Waals surface area (Å²) >= 11 is 3.52. The average Bonchev–Trinajstić information content (AvgIpc) is 2.86. The summed E-state index contributed by atoms with van der Waals surface area (Å²) in [4.78, 5) is 8.93. The molecule has 0 aliphatic carbocycles. The van der Waals surface area contributed by atoms with Crippen molar-refractivity contribution in [2.24, 2.45) is 0 Å². The number of nitrogens with zero attached hydrogens (tertiary/aromatic N) is 3. The molecular weight excluding hydrogens is 268 g/mol. The van der Waals surface area contributed by atoms with Gasteiger partial charge in [-0.1, -0.05) is 0 Å². The maximum Gasteiger partial charge on any atom is 0.134 e. The number of hydrogen-bond donors (Lipinski definition) is 1. The van der Waals surface area contributed by atoms with Crippen LogP contribution in [-0.2, 0) is 0 Å². The van der Waals surface area contributed by atoms with Gasteiger partial charge in [0.25, 0.3) is 0 Å². The van der Waals surface area contributed by atoms with E-state index in [2.05, 4.69) is 35.6 Å². The third-order valence-electron chi connectivity index (χ3n) is 3.15. The van der Waals surface area contributed by atoms with Crippen LogP contribution >= 0.6 is 15.9 Å². The van der Waals surface area contributed by atoms with Gasteiger partial charge in [-0.15, -0.1) is 0 Å². The monoisotopic (exact) mass is 280 g/mol. The van der Waals surface area contributed by atoms with E-state index in [4.69, 9.17) is 0 Å². The second-order valence-corrected chi connectivity index (χ2v) is 4.93. The van der Waals surface area contributed by atoms with Crippen molar-refractivity contribution in [2.45, 2.75) is 19.3 Å². The van der Waals surface area contributed by atoms with Gasteiger partial charge in [-0.2, -0.15) is 0 Å². The van der Waals surface area contributed by atoms with Gasteiger partial charge >= 0.3 is 0 Å². The Balaban J connectivity index is 2.22. The van der Waals surface area contributed by atoms with Crippen LogP contribution < -0.4 is 5.32 Å². The summed E-state index contributed by atoms with van der Waals surface area (Å²) in [5, 5.41) is 3.38. The van der Waals surface area contributed by atoms with Crippen molar-refractivity contribution in [1.82, 2.24) is 19.7 Å². The molecule has 1 aliphatic rings.